The molecule has 0 saturated carbocycles. The lowest BCUT2D eigenvalue weighted by atomic mass is 10.1. The molecule has 1 N–H and O–H groups in total. The van der Waals surface area contributed by atoms with Gasteiger partial charge < -0.3 is 14.8 Å². The number of thioether (sulfide) groups is 1. The Morgan fingerprint density at radius 2 is 1.79 bits per heavy atom. The quantitative estimate of drug-likeness (QED) is 0.263. The van der Waals surface area contributed by atoms with Crippen LogP contribution in [-0.2, 0) is 11.4 Å². The van der Waals surface area contributed by atoms with Crippen LogP contribution in [0.2, 0.25) is 0 Å². The van der Waals surface area contributed by atoms with Crippen LogP contribution >= 0.6 is 11.8 Å². The fourth-order valence-corrected chi connectivity index (χ4v) is 3.97. The Morgan fingerprint density at radius 1 is 1.03 bits per heavy atom. The van der Waals surface area contributed by atoms with Crippen molar-refractivity contribution in [2.24, 2.45) is 4.99 Å². The van der Waals surface area contributed by atoms with E-state index in [1.54, 1.807) is 24.3 Å². The van der Waals surface area contributed by atoms with Crippen LogP contribution in [-0.4, -0.2) is 22.6 Å². The first-order valence-electron chi connectivity index (χ1n) is 10.5. The Balaban J connectivity index is 1.48. The number of aliphatic imine (C=N–C) groups is 1. The molecule has 0 aromatic heterocycles. The number of rotatable bonds is 8. The maximum atomic E-state index is 12.4. The van der Waals surface area contributed by atoms with Crippen LogP contribution < -0.4 is 14.8 Å². The molecule has 172 valence electrons. The minimum Gasteiger partial charge on any atom is -0.490 e. The van der Waals surface area contributed by atoms with Gasteiger partial charge in [0.05, 0.1) is 22.1 Å². The Labute approximate surface area is 200 Å². The molecular weight excluding hydrogens is 454 g/mol. The molecule has 34 heavy (non-hydrogen) atoms. The molecule has 1 aliphatic heterocycles. The number of hydrogen-bond donors (Lipinski definition) is 1. The molecule has 1 saturated heterocycles. The zero-order valence-corrected chi connectivity index (χ0v) is 19.1. The van der Waals surface area contributed by atoms with Crippen LogP contribution in [0.5, 0.6) is 11.5 Å². The van der Waals surface area contributed by atoms with Crippen molar-refractivity contribution in [1.29, 1.82) is 0 Å². The molecule has 0 unspecified atom stereocenters. The first-order valence-corrected chi connectivity index (χ1v) is 11.3. The molecular formula is C25H21N3O5S. The van der Waals surface area contributed by atoms with E-state index in [9.17, 15) is 14.9 Å². The van der Waals surface area contributed by atoms with Crippen molar-refractivity contribution < 1.29 is 19.2 Å². The highest BCUT2D eigenvalue weighted by Crippen LogP contribution is 2.33. The Morgan fingerprint density at radius 3 is 2.50 bits per heavy atom. The van der Waals surface area contributed by atoms with Gasteiger partial charge in [-0.3, -0.25) is 14.9 Å². The van der Waals surface area contributed by atoms with Gasteiger partial charge in [0.25, 0.3) is 11.6 Å². The summed E-state index contributed by atoms with van der Waals surface area (Å²) in [7, 11) is 0. The molecule has 1 amide bonds. The number of nitrogens with zero attached hydrogens (tertiary/aromatic N) is 2. The summed E-state index contributed by atoms with van der Waals surface area (Å²) in [5.74, 6) is 0.869. The number of carbonyl (C=O) groups is 1. The number of benzene rings is 3. The lowest BCUT2D eigenvalue weighted by Crippen LogP contribution is -2.19. The Kier molecular flexibility index (Phi) is 7.24. The van der Waals surface area contributed by atoms with Crippen LogP contribution in [0.1, 0.15) is 18.1 Å². The Bertz CT molecular complexity index is 1260. The smallest absolute Gasteiger partial charge is 0.269 e. The van der Waals surface area contributed by atoms with E-state index in [1.165, 1.54) is 23.9 Å². The fraction of sp³-hybridized carbons (Fsp3) is 0.120. The number of para-hydroxylation sites is 1. The average molecular weight is 476 g/mol. The summed E-state index contributed by atoms with van der Waals surface area (Å²) in [5.41, 5.74) is 2.37. The third kappa shape index (κ3) is 5.81. The molecule has 4 rings (SSSR count). The summed E-state index contributed by atoms with van der Waals surface area (Å²) in [6.45, 7) is 2.55. The van der Waals surface area contributed by atoms with Crippen molar-refractivity contribution in [3.05, 3.63) is 98.9 Å². The molecule has 0 bridgehead atoms. The van der Waals surface area contributed by atoms with E-state index in [2.05, 4.69) is 10.3 Å². The maximum absolute atomic E-state index is 12.4. The molecule has 1 aliphatic rings. The molecule has 1 fully saturated rings. The van der Waals surface area contributed by atoms with E-state index in [4.69, 9.17) is 9.47 Å². The second-order valence-corrected chi connectivity index (χ2v) is 8.20. The van der Waals surface area contributed by atoms with Crippen molar-refractivity contribution in [3.8, 4) is 11.5 Å². The maximum Gasteiger partial charge on any atom is 0.269 e. The van der Waals surface area contributed by atoms with Crippen LogP contribution in [0.25, 0.3) is 6.08 Å². The summed E-state index contributed by atoms with van der Waals surface area (Å²) < 4.78 is 11.6. The van der Waals surface area contributed by atoms with E-state index in [0.717, 1.165) is 16.8 Å². The van der Waals surface area contributed by atoms with E-state index in [1.807, 2.05) is 49.4 Å². The summed E-state index contributed by atoms with van der Waals surface area (Å²) in [4.78, 5) is 27.7. The minimum atomic E-state index is -0.440. The zero-order chi connectivity index (χ0) is 23.9. The summed E-state index contributed by atoms with van der Waals surface area (Å²) in [5, 5.41) is 14.1. The first kappa shape index (κ1) is 23.1. The van der Waals surface area contributed by atoms with Gasteiger partial charge in [0.2, 0.25) is 0 Å². The summed E-state index contributed by atoms with van der Waals surface area (Å²) in [6.07, 6.45) is 1.77. The van der Waals surface area contributed by atoms with Crippen molar-refractivity contribution in [3.63, 3.8) is 0 Å². The van der Waals surface area contributed by atoms with Gasteiger partial charge in [-0.05, 0) is 72.3 Å². The molecule has 9 heteroatoms. The highest BCUT2D eigenvalue weighted by Gasteiger charge is 2.24. The topological polar surface area (TPSA) is 103 Å². The number of amidine groups is 1. The number of non-ortho nitro benzene ring substituents is 1. The molecule has 0 radical (unpaired) electrons. The second-order valence-electron chi connectivity index (χ2n) is 7.17. The number of amides is 1. The van der Waals surface area contributed by atoms with Gasteiger partial charge in [-0.15, -0.1) is 0 Å². The van der Waals surface area contributed by atoms with Gasteiger partial charge in [0, 0.05) is 12.1 Å². The molecule has 0 aliphatic carbocycles. The van der Waals surface area contributed by atoms with Gasteiger partial charge in [0.15, 0.2) is 16.7 Å². The highest BCUT2D eigenvalue weighted by atomic mass is 32.2. The van der Waals surface area contributed by atoms with Gasteiger partial charge in [-0.2, -0.15) is 0 Å². The summed E-state index contributed by atoms with van der Waals surface area (Å²) in [6, 6.07) is 21.0. The Hall–Kier alpha value is -4.11. The van der Waals surface area contributed by atoms with Crippen molar-refractivity contribution in [2.45, 2.75) is 13.5 Å². The predicted molar refractivity (Wildman–Crippen MR) is 132 cm³/mol. The molecule has 0 spiro atoms. The van der Waals surface area contributed by atoms with Gasteiger partial charge in [-0.1, -0.05) is 24.3 Å². The number of ether oxygens (including phenoxy) is 2. The van der Waals surface area contributed by atoms with E-state index in [-0.39, 0.29) is 18.2 Å². The number of hydrogen-bond acceptors (Lipinski definition) is 7. The van der Waals surface area contributed by atoms with Crippen LogP contribution in [0.4, 0.5) is 11.4 Å². The summed E-state index contributed by atoms with van der Waals surface area (Å²) >= 11 is 1.27. The number of nitro benzene ring substituents is 1. The number of nitro groups is 1. The SMILES string of the molecule is CCOc1cc(/C=C2\SC(=Nc3ccccc3)NC2=O)ccc1OCc1ccc([N+](=O)[O-])cc1. The molecule has 8 nitrogen and oxygen atoms in total. The number of carbonyl (C=O) groups excluding carboxylic acids is 1. The monoisotopic (exact) mass is 475 g/mol. The largest absolute Gasteiger partial charge is 0.490 e. The van der Waals surface area contributed by atoms with Crippen molar-refractivity contribution in [2.75, 3.05) is 6.61 Å². The van der Waals surface area contributed by atoms with Gasteiger partial charge in [0.1, 0.15) is 6.61 Å². The highest BCUT2D eigenvalue weighted by molar-refractivity contribution is 8.18. The van der Waals surface area contributed by atoms with Gasteiger partial charge in [-0.25, -0.2) is 4.99 Å². The third-order valence-corrected chi connectivity index (χ3v) is 5.65. The fourth-order valence-electron chi connectivity index (χ4n) is 3.13. The minimum absolute atomic E-state index is 0.0296. The van der Waals surface area contributed by atoms with E-state index >= 15 is 0 Å². The average Bonchev–Trinajstić information content (AvgIpc) is 3.18. The first-order chi connectivity index (χ1) is 16.5. The standard InChI is InChI=1S/C25H21N3O5S/c1-2-32-22-14-18(10-13-21(22)33-16-17-8-11-20(12-9-17)28(30)31)15-23-24(29)27-25(34-23)26-19-6-4-3-5-7-19/h3-15H,2,16H2,1H3,(H,26,27,29)/b23-15-. The van der Waals surface area contributed by atoms with E-state index in [0.29, 0.717) is 28.2 Å². The molecule has 3 aromatic rings. The van der Waals surface area contributed by atoms with E-state index < -0.39 is 4.92 Å². The second kappa shape index (κ2) is 10.7. The van der Waals surface area contributed by atoms with Crippen molar-refractivity contribution in [1.82, 2.24) is 5.32 Å². The molecule has 0 atom stereocenters. The van der Waals surface area contributed by atoms with Crippen LogP contribution in [0.15, 0.2) is 82.7 Å². The van der Waals surface area contributed by atoms with Gasteiger partial charge >= 0.3 is 0 Å². The van der Waals surface area contributed by atoms with Crippen molar-refractivity contribution >= 4 is 40.3 Å². The predicted octanol–water partition coefficient (Wildman–Crippen LogP) is 5.46. The normalized spacial score (nSPS) is 15.4. The third-order valence-electron chi connectivity index (χ3n) is 4.74. The molecule has 3 aromatic carbocycles. The number of nitrogens with one attached hydrogen (secondary N) is 1. The lowest BCUT2D eigenvalue weighted by Gasteiger charge is -2.13. The lowest BCUT2D eigenvalue weighted by molar-refractivity contribution is -0.384. The zero-order valence-electron chi connectivity index (χ0n) is 18.3. The molecule has 1 heterocycles. The van der Waals surface area contributed by atoms with Crippen LogP contribution in [0, 0.1) is 10.1 Å². The van der Waals surface area contributed by atoms with Crippen LogP contribution in [0.3, 0.4) is 0 Å².